The number of hydrogen-bond acceptors (Lipinski definition) is 11. The molecule has 2 N–H and O–H groups in total. The molecule has 0 spiro atoms. The molecule has 1 aromatic carbocycles. The first-order chi connectivity index (χ1) is 24.8. The fraction of sp³-hybridized carbons (Fsp3) is 0.375. The molecule has 272 valence electrons. The third-order valence-electron chi connectivity index (χ3n) is 9.00. The Bertz CT molecular complexity index is 2280. The average Bonchev–Trinajstić information content (AvgIpc) is 3.76. The van der Waals surface area contributed by atoms with E-state index in [-0.39, 0.29) is 84.3 Å². The van der Waals surface area contributed by atoms with Crippen LogP contribution >= 0.6 is 11.6 Å². The number of aromatic hydroxyl groups is 1. The maximum atomic E-state index is 14.3. The van der Waals surface area contributed by atoms with Crippen molar-refractivity contribution in [2.24, 2.45) is 0 Å². The summed E-state index contributed by atoms with van der Waals surface area (Å²) in [4.78, 5) is 57.0. The van der Waals surface area contributed by atoms with Crippen molar-refractivity contribution in [3.63, 3.8) is 0 Å². The maximum absolute atomic E-state index is 14.3. The number of fused-ring (bicyclic) bond motifs is 2. The summed E-state index contributed by atoms with van der Waals surface area (Å²) in [5, 5.41) is 21.6. The van der Waals surface area contributed by atoms with Gasteiger partial charge >= 0.3 is 6.18 Å². The highest BCUT2D eigenvalue weighted by molar-refractivity contribution is 6.33. The lowest BCUT2D eigenvalue weighted by Crippen LogP contribution is -2.51. The molecule has 20 heteroatoms. The molecule has 16 nitrogen and oxygen atoms in total. The van der Waals surface area contributed by atoms with Crippen LogP contribution in [-0.4, -0.2) is 93.5 Å². The van der Waals surface area contributed by atoms with E-state index in [1.165, 1.54) is 15.8 Å². The molecule has 0 aliphatic carbocycles. The van der Waals surface area contributed by atoms with Crippen LogP contribution in [0, 0.1) is 6.92 Å². The molecule has 0 radical (unpaired) electrons. The highest BCUT2D eigenvalue weighted by atomic mass is 35.5. The van der Waals surface area contributed by atoms with Crippen molar-refractivity contribution in [1.82, 2.24) is 43.8 Å². The Kier molecular flexibility index (Phi) is 9.07. The van der Waals surface area contributed by atoms with Crippen molar-refractivity contribution in [3.05, 3.63) is 74.4 Å². The maximum Gasteiger partial charge on any atom is 0.416 e. The van der Waals surface area contributed by atoms with Gasteiger partial charge in [-0.1, -0.05) is 18.5 Å². The Morgan fingerprint density at radius 1 is 1.12 bits per heavy atom. The van der Waals surface area contributed by atoms with Crippen molar-refractivity contribution in [1.29, 1.82) is 0 Å². The standard InChI is InChI=1S/C32H31ClF3N11O5/c1-3-22-26(43-6-8-44(9-7-43)29(50)25-27(49)17(2)37-16-38-25)30(51)47-31(41-28(42-47)19-13-39-46-10-11-52-15-23(19)46)45(22)14-24(48)40-21-5-4-18(12-20(21)33)32(34,35)36/h4-5,12-13,16,49H,3,6-11,14-15H2,1-2H3,(H,40,48). The van der Waals surface area contributed by atoms with Crippen LogP contribution in [-0.2, 0) is 41.8 Å². The lowest BCUT2D eigenvalue weighted by atomic mass is 10.2. The zero-order valence-corrected chi connectivity index (χ0v) is 28.6. The third kappa shape index (κ3) is 6.29. The van der Waals surface area contributed by atoms with Crippen LogP contribution in [0.4, 0.5) is 24.5 Å². The molecule has 7 rings (SSSR count). The molecule has 1 fully saturated rings. The van der Waals surface area contributed by atoms with E-state index in [0.29, 0.717) is 24.4 Å². The number of anilines is 2. The van der Waals surface area contributed by atoms with Crippen LogP contribution in [0.15, 0.2) is 35.5 Å². The number of carbonyl (C=O) groups is 2. The quantitative estimate of drug-likeness (QED) is 0.251. The number of amides is 2. The fourth-order valence-electron chi connectivity index (χ4n) is 6.34. The summed E-state index contributed by atoms with van der Waals surface area (Å²) in [6.45, 7) is 5.01. The van der Waals surface area contributed by atoms with Gasteiger partial charge in [0.05, 0.1) is 64.9 Å². The first-order valence-electron chi connectivity index (χ1n) is 16.2. The van der Waals surface area contributed by atoms with Gasteiger partial charge in [0, 0.05) is 26.2 Å². The van der Waals surface area contributed by atoms with Gasteiger partial charge in [-0.25, -0.2) is 9.97 Å². The van der Waals surface area contributed by atoms with Crippen LogP contribution < -0.4 is 15.8 Å². The van der Waals surface area contributed by atoms with Crippen LogP contribution in [0.3, 0.4) is 0 Å². The Morgan fingerprint density at radius 3 is 2.60 bits per heavy atom. The summed E-state index contributed by atoms with van der Waals surface area (Å²) < 4.78 is 49.7. The predicted molar refractivity (Wildman–Crippen MR) is 179 cm³/mol. The number of rotatable bonds is 7. The third-order valence-corrected chi connectivity index (χ3v) is 9.31. The van der Waals surface area contributed by atoms with Gasteiger partial charge < -0.3 is 29.5 Å². The molecule has 0 unspecified atom stereocenters. The summed E-state index contributed by atoms with van der Waals surface area (Å²) in [5.74, 6) is -1.21. The van der Waals surface area contributed by atoms with Crippen molar-refractivity contribution in [2.75, 3.05) is 43.0 Å². The number of ether oxygens (including phenoxy) is 1. The molecule has 1 saturated heterocycles. The van der Waals surface area contributed by atoms with Crippen LogP contribution in [0.2, 0.25) is 5.02 Å². The molecule has 5 aromatic rings. The second-order valence-corrected chi connectivity index (χ2v) is 12.6. The van der Waals surface area contributed by atoms with Gasteiger partial charge in [0.2, 0.25) is 11.7 Å². The lowest BCUT2D eigenvalue weighted by Gasteiger charge is -2.36. The molecule has 0 bridgehead atoms. The minimum absolute atomic E-state index is 0.0330. The topological polar surface area (TPSA) is 178 Å². The van der Waals surface area contributed by atoms with Gasteiger partial charge in [0.1, 0.15) is 18.6 Å². The molecular formula is C32H31ClF3N11O5. The summed E-state index contributed by atoms with van der Waals surface area (Å²) >= 11 is 6.13. The van der Waals surface area contributed by atoms with E-state index >= 15 is 0 Å². The number of piperazine rings is 1. The van der Waals surface area contributed by atoms with Gasteiger partial charge in [0.25, 0.3) is 11.5 Å². The normalized spacial score (nSPS) is 14.9. The summed E-state index contributed by atoms with van der Waals surface area (Å²) in [6.07, 6.45) is -1.57. The van der Waals surface area contributed by atoms with Gasteiger partial charge in [-0.2, -0.15) is 27.8 Å². The molecule has 0 atom stereocenters. The van der Waals surface area contributed by atoms with Crippen molar-refractivity contribution in [3.8, 4) is 17.1 Å². The van der Waals surface area contributed by atoms with E-state index in [9.17, 15) is 32.7 Å². The molecule has 2 aliphatic heterocycles. The largest absolute Gasteiger partial charge is 0.504 e. The molecule has 2 aliphatic rings. The first kappa shape index (κ1) is 34.9. The zero-order chi connectivity index (χ0) is 36.9. The zero-order valence-electron chi connectivity index (χ0n) is 27.8. The van der Waals surface area contributed by atoms with Crippen LogP contribution in [0.1, 0.15) is 40.1 Å². The van der Waals surface area contributed by atoms with Gasteiger partial charge in [-0.15, -0.1) is 5.10 Å². The number of aromatic nitrogens is 8. The van der Waals surface area contributed by atoms with Crippen molar-refractivity contribution >= 4 is 40.6 Å². The molecule has 4 aromatic heterocycles. The molecule has 52 heavy (non-hydrogen) atoms. The Morgan fingerprint density at radius 2 is 1.88 bits per heavy atom. The average molecular weight is 742 g/mol. The van der Waals surface area contributed by atoms with Crippen LogP contribution in [0.5, 0.6) is 5.75 Å². The number of alkyl halides is 3. The predicted octanol–water partition coefficient (Wildman–Crippen LogP) is 2.92. The number of nitrogens with zero attached hydrogens (tertiary/aromatic N) is 10. The molecule has 0 saturated carbocycles. The van der Waals surface area contributed by atoms with Gasteiger partial charge in [-0.3, -0.25) is 19.1 Å². The highest BCUT2D eigenvalue weighted by Crippen LogP contribution is 2.34. The minimum Gasteiger partial charge on any atom is -0.504 e. The van der Waals surface area contributed by atoms with Crippen LogP contribution in [0.25, 0.3) is 17.2 Å². The number of aryl methyl sites for hydroxylation is 1. The summed E-state index contributed by atoms with van der Waals surface area (Å²) in [5.41, 5.74) is 0.575. The van der Waals surface area contributed by atoms with Gasteiger partial charge in [-0.05, 0) is 31.5 Å². The van der Waals surface area contributed by atoms with E-state index in [4.69, 9.17) is 16.3 Å². The number of carbonyl (C=O) groups excluding carboxylic acids is 2. The van der Waals surface area contributed by atoms with E-state index in [2.05, 4.69) is 30.5 Å². The first-order valence-corrected chi connectivity index (χ1v) is 16.6. The highest BCUT2D eigenvalue weighted by Gasteiger charge is 2.33. The Balaban J connectivity index is 1.26. The Hall–Kier alpha value is -5.56. The van der Waals surface area contributed by atoms with E-state index in [1.54, 1.807) is 29.6 Å². The minimum atomic E-state index is -4.62. The van der Waals surface area contributed by atoms with E-state index in [1.807, 2.05) is 0 Å². The fourth-order valence-corrected chi connectivity index (χ4v) is 6.57. The summed E-state index contributed by atoms with van der Waals surface area (Å²) in [7, 11) is 0. The second kappa shape index (κ2) is 13.5. The lowest BCUT2D eigenvalue weighted by molar-refractivity contribution is -0.137. The van der Waals surface area contributed by atoms with Gasteiger partial charge in [0.15, 0.2) is 17.3 Å². The number of halogens is 4. The second-order valence-electron chi connectivity index (χ2n) is 12.1. The van der Waals surface area contributed by atoms with E-state index < -0.39 is 35.7 Å². The number of hydrogen-bond donors (Lipinski definition) is 2. The number of nitrogens with one attached hydrogen (secondary N) is 1. The van der Waals surface area contributed by atoms with E-state index in [0.717, 1.165) is 28.4 Å². The van der Waals surface area contributed by atoms with Crippen molar-refractivity contribution < 1.29 is 32.6 Å². The summed E-state index contributed by atoms with van der Waals surface area (Å²) in [6, 6.07) is 2.61. The monoisotopic (exact) mass is 741 g/mol. The smallest absolute Gasteiger partial charge is 0.416 e. The molecule has 6 heterocycles. The Labute approximate surface area is 297 Å². The number of benzene rings is 1. The molecule has 2 amide bonds. The molecular weight excluding hydrogens is 711 g/mol. The SMILES string of the molecule is CCc1c(N2CCN(C(=O)c3ncnc(C)c3O)CC2)c(=O)n2nc(-c3cnn4c3COCC4)nc2n1CC(=O)Nc1ccc(C(F)(F)F)cc1Cl. The van der Waals surface area contributed by atoms with Crippen molar-refractivity contribution in [2.45, 2.75) is 46.1 Å².